The molecule has 3 heterocycles. The van der Waals surface area contributed by atoms with Crippen molar-refractivity contribution in [2.45, 2.75) is 32.4 Å². The highest BCUT2D eigenvalue weighted by Crippen LogP contribution is 2.41. The van der Waals surface area contributed by atoms with Crippen LogP contribution in [0.2, 0.25) is 5.02 Å². The third-order valence-electron chi connectivity index (χ3n) is 7.03. The molecule has 2 aromatic carbocycles. The van der Waals surface area contributed by atoms with Gasteiger partial charge >= 0.3 is 0 Å². The molecule has 2 atom stereocenters. The first kappa shape index (κ1) is 26.7. The van der Waals surface area contributed by atoms with Gasteiger partial charge in [0.15, 0.2) is 5.11 Å². The zero-order valence-corrected chi connectivity index (χ0v) is 23.6. The molecule has 7 nitrogen and oxygen atoms in total. The van der Waals surface area contributed by atoms with E-state index in [0.717, 1.165) is 28.3 Å². The molecule has 1 aliphatic heterocycles. The van der Waals surface area contributed by atoms with E-state index in [1.807, 2.05) is 66.7 Å². The van der Waals surface area contributed by atoms with Crippen LogP contribution in [0.4, 0.5) is 5.69 Å². The van der Waals surface area contributed by atoms with Crippen molar-refractivity contribution < 1.29 is 9.53 Å². The van der Waals surface area contributed by atoms with Crippen LogP contribution in [0.15, 0.2) is 79.0 Å². The highest BCUT2D eigenvalue weighted by molar-refractivity contribution is 7.80. The number of benzene rings is 2. The predicted octanol–water partition coefficient (Wildman–Crippen LogP) is 6.15. The van der Waals surface area contributed by atoms with E-state index in [9.17, 15) is 4.79 Å². The Balaban J connectivity index is 1.46. The standard InChI is InChI=1S/C30H30ClN5O2S/c1-19-18-23(20(2)36(19)22-13-11-21(31)12-14-22)29-28(25-9-6-7-16-32-25)34-30(39)35(29)17-15-27(37)33-24-8-4-5-10-26(24)38-3/h4-14,16,18,28-29H,15,17H2,1-3H3,(H,33,37)(H,34,39)/t28-,29+/m0/s1. The van der Waals surface area contributed by atoms with Gasteiger partial charge in [-0.25, -0.2) is 0 Å². The number of nitrogens with zero attached hydrogens (tertiary/aromatic N) is 3. The Morgan fingerprint density at radius 2 is 1.85 bits per heavy atom. The fourth-order valence-corrected chi connectivity index (χ4v) is 5.70. The average Bonchev–Trinajstić information content (AvgIpc) is 3.43. The van der Waals surface area contributed by atoms with Crippen LogP contribution in [-0.2, 0) is 4.79 Å². The number of ether oxygens (including phenoxy) is 1. The van der Waals surface area contributed by atoms with E-state index in [0.29, 0.717) is 28.1 Å². The van der Waals surface area contributed by atoms with Crippen molar-refractivity contribution in [1.29, 1.82) is 0 Å². The smallest absolute Gasteiger partial charge is 0.226 e. The molecule has 1 aliphatic rings. The number of hydrogen-bond donors (Lipinski definition) is 2. The minimum absolute atomic E-state index is 0.117. The molecule has 9 heteroatoms. The Morgan fingerprint density at radius 3 is 2.56 bits per heavy atom. The summed E-state index contributed by atoms with van der Waals surface area (Å²) in [4.78, 5) is 19.7. The molecule has 0 aliphatic carbocycles. The van der Waals surface area contributed by atoms with E-state index >= 15 is 0 Å². The Labute approximate surface area is 238 Å². The van der Waals surface area contributed by atoms with Crippen molar-refractivity contribution in [2.24, 2.45) is 0 Å². The maximum atomic E-state index is 13.0. The number of pyridine rings is 1. The van der Waals surface area contributed by atoms with Gasteiger partial charge in [-0.1, -0.05) is 29.8 Å². The van der Waals surface area contributed by atoms with Gasteiger partial charge in [-0.3, -0.25) is 9.78 Å². The third-order valence-corrected chi connectivity index (χ3v) is 7.64. The van der Waals surface area contributed by atoms with Crippen LogP contribution in [0.25, 0.3) is 5.69 Å². The van der Waals surface area contributed by atoms with Crippen molar-refractivity contribution in [3.8, 4) is 11.4 Å². The number of thiocarbonyl (C=S) groups is 1. The summed E-state index contributed by atoms with van der Waals surface area (Å²) in [6.45, 7) is 4.64. The number of carbonyl (C=O) groups excluding carboxylic acids is 1. The topological polar surface area (TPSA) is 71.4 Å². The molecule has 2 N–H and O–H groups in total. The summed E-state index contributed by atoms with van der Waals surface area (Å²) < 4.78 is 7.59. The second kappa shape index (κ2) is 11.5. The van der Waals surface area contributed by atoms with Crippen molar-refractivity contribution in [1.82, 2.24) is 19.8 Å². The van der Waals surface area contributed by atoms with Gasteiger partial charge in [0.2, 0.25) is 5.91 Å². The number of hydrogen-bond acceptors (Lipinski definition) is 4. The Kier molecular flexibility index (Phi) is 7.86. The summed E-state index contributed by atoms with van der Waals surface area (Å²) in [6.07, 6.45) is 2.04. The van der Waals surface area contributed by atoms with Crippen LogP contribution in [0.3, 0.4) is 0 Å². The number of carbonyl (C=O) groups is 1. The lowest BCUT2D eigenvalue weighted by Crippen LogP contribution is -2.33. The number of amides is 1. The van der Waals surface area contributed by atoms with Crippen LogP contribution >= 0.6 is 23.8 Å². The van der Waals surface area contributed by atoms with Crippen molar-refractivity contribution >= 4 is 40.5 Å². The van der Waals surface area contributed by atoms with E-state index in [4.69, 9.17) is 28.6 Å². The van der Waals surface area contributed by atoms with Gasteiger partial charge in [0, 0.05) is 41.3 Å². The number of halogens is 1. The van der Waals surface area contributed by atoms with Crippen molar-refractivity contribution in [3.63, 3.8) is 0 Å². The first-order valence-electron chi connectivity index (χ1n) is 12.7. The van der Waals surface area contributed by atoms with Crippen molar-refractivity contribution in [3.05, 3.63) is 107 Å². The summed E-state index contributed by atoms with van der Waals surface area (Å²) in [5.74, 6) is 0.501. The first-order chi connectivity index (χ1) is 18.9. The summed E-state index contributed by atoms with van der Waals surface area (Å²) in [6, 6.07) is 22.9. The zero-order valence-electron chi connectivity index (χ0n) is 22.0. The number of aromatic nitrogens is 2. The third kappa shape index (κ3) is 5.48. The molecule has 1 fully saturated rings. The number of aryl methyl sites for hydroxylation is 1. The molecule has 0 radical (unpaired) electrons. The summed E-state index contributed by atoms with van der Waals surface area (Å²) >= 11 is 12.0. The molecule has 0 spiro atoms. The molecule has 39 heavy (non-hydrogen) atoms. The number of methoxy groups -OCH3 is 1. The molecule has 5 rings (SSSR count). The van der Waals surface area contributed by atoms with Crippen LogP contribution < -0.4 is 15.4 Å². The molecular weight excluding hydrogens is 530 g/mol. The number of para-hydroxylation sites is 2. The molecular formula is C30H30ClN5O2S. The number of nitrogens with one attached hydrogen (secondary N) is 2. The number of rotatable bonds is 8. The van der Waals surface area contributed by atoms with Crippen molar-refractivity contribution in [2.75, 3.05) is 19.0 Å². The summed E-state index contributed by atoms with van der Waals surface area (Å²) in [5.41, 5.74) is 5.87. The fourth-order valence-electron chi connectivity index (χ4n) is 5.24. The van der Waals surface area contributed by atoms with E-state index in [1.165, 1.54) is 0 Å². The molecule has 2 aromatic heterocycles. The van der Waals surface area contributed by atoms with Gasteiger partial charge in [0.1, 0.15) is 5.75 Å². The minimum atomic E-state index is -0.171. The maximum absolute atomic E-state index is 13.0. The van der Waals surface area contributed by atoms with E-state index in [-0.39, 0.29) is 24.4 Å². The summed E-state index contributed by atoms with van der Waals surface area (Å²) in [5, 5.41) is 7.74. The second-order valence-electron chi connectivity index (χ2n) is 9.46. The Hall–Kier alpha value is -3.88. The predicted molar refractivity (Wildman–Crippen MR) is 159 cm³/mol. The molecule has 1 amide bonds. The van der Waals surface area contributed by atoms with Gasteiger partial charge in [-0.2, -0.15) is 0 Å². The quantitative estimate of drug-likeness (QED) is 0.252. The molecule has 0 saturated carbocycles. The van der Waals surface area contributed by atoms with Gasteiger partial charge in [-0.05, 0) is 86.2 Å². The van der Waals surface area contributed by atoms with E-state index < -0.39 is 0 Å². The molecule has 1 saturated heterocycles. The van der Waals surface area contributed by atoms with Gasteiger partial charge < -0.3 is 24.8 Å². The number of anilines is 1. The van der Waals surface area contributed by atoms with Crippen LogP contribution in [-0.4, -0.2) is 39.1 Å². The highest BCUT2D eigenvalue weighted by Gasteiger charge is 2.41. The molecule has 4 aromatic rings. The van der Waals surface area contributed by atoms with Crippen LogP contribution in [0, 0.1) is 13.8 Å². The minimum Gasteiger partial charge on any atom is -0.495 e. The van der Waals surface area contributed by atoms with Crippen LogP contribution in [0.5, 0.6) is 5.75 Å². The second-order valence-corrected chi connectivity index (χ2v) is 10.3. The Bertz CT molecular complexity index is 1490. The van der Waals surface area contributed by atoms with E-state index in [1.54, 1.807) is 13.3 Å². The highest BCUT2D eigenvalue weighted by atomic mass is 35.5. The lowest BCUT2D eigenvalue weighted by atomic mass is 9.96. The Morgan fingerprint density at radius 1 is 1.10 bits per heavy atom. The molecule has 0 bridgehead atoms. The SMILES string of the molecule is COc1ccccc1NC(=O)CCN1C(=S)N[C@@H](c2ccccn2)[C@H]1c1cc(C)n(-c2ccc(Cl)cc2)c1C. The normalized spacial score (nSPS) is 16.7. The first-order valence-corrected chi connectivity index (χ1v) is 13.5. The monoisotopic (exact) mass is 559 g/mol. The molecule has 200 valence electrons. The molecule has 0 unspecified atom stereocenters. The average molecular weight is 560 g/mol. The van der Waals surface area contributed by atoms with Gasteiger partial charge in [-0.15, -0.1) is 0 Å². The lowest BCUT2D eigenvalue weighted by molar-refractivity contribution is -0.116. The fraction of sp³-hybridized carbons (Fsp3) is 0.233. The summed E-state index contributed by atoms with van der Waals surface area (Å²) in [7, 11) is 1.59. The zero-order chi connectivity index (χ0) is 27.5. The van der Waals surface area contributed by atoms with Gasteiger partial charge in [0.05, 0.1) is 30.6 Å². The lowest BCUT2D eigenvalue weighted by Gasteiger charge is -2.28. The van der Waals surface area contributed by atoms with E-state index in [2.05, 4.69) is 45.0 Å². The van der Waals surface area contributed by atoms with Gasteiger partial charge in [0.25, 0.3) is 0 Å². The maximum Gasteiger partial charge on any atom is 0.226 e. The van der Waals surface area contributed by atoms with Crippen LogP contribution in [0.1, 0.15) is 41.1 Å². The largest absolute Gasteiger partial charge is 0.495 e.